The lowest BCUT2D eigenvalue weighted by atomic mass is 9.99. The van der Waals surface area contributed by atoms with Crippen LogP contribution in [0.2, 0.25) is 0 Å². The first-order valence-electron chi connectivity index (χ1n) is 7.89. The van der Waals surface area contributed by atoms with Crippen molar-refractivity contribution >= 4 is 11.6 Å². The Morgan fingerprint density at radius 2 is 1.73 bits per heavy atom. The highest BCUT2D eigenvalue weighted by Crippen LogP contribution is 2.28. The van der Waals surface area contributed by atoms with E-state index in [0.29, 0.717) is 5.92 Å². The zero-order chi connectivity index (χ0) is 15.4. The fourth-order valence-corrected chi connectivity index (χ4v) is 3.07. The zero-order valence-corrected chi connectivity index (χ0v) is 12.9. The molecule has 22 heavy (non-hydrogen) atoms. The van der Waals surface area contributed by atoms with E-state index in [4.69, 9.17) is 0 Å². The van der Waals surface area contributed by atoms with Gasteiger partial charge in [-0.2, -0.15) is 0 Å². The lowest BCUT2D eigenvalue weighted by Crippen LogP contribution is -2.40. The van der Waals surface area contributed by atoms with Gasteiger partial charge in [0.15, 0.2) is 0 Å². The van der Waals surface area contributed by atoms with E-state index in [1.165, 1.54) is 5.56 Å². The SMILES string of the molecule is C[C@@H](C(=O)Nc1ccccc1)N1CC[C@@H](c2ccccc2)C1. The molecule has 0 bridgehead atoms. The van der Waals surface area contributed by atoms with Gasteiger partial charge in [0.05, 0.1) is 6.04 Å². The quantitative estimate of drug-likeness (QED) is 0.936. The highest BCUT2D eigenvalue weighted by Gasteiger charge is 2.30. The molecule has 2 aromatic carbocycles. The van der Waals surface area contributed by atoms with Crippen molar-refractivity contribution in [1.82, 2.24) is 4.90 Å². The van der Waals surface area contributed by atoms with Crippen molar-refractivity contribution in [3.8, 4) is 0 Å². The van der Waals surface area contributed by atoms with E-state index < -0.39 is 0 Å². The van der Waals surface area contributed by atoms with Gasteiger partial charge in [-0.25, -0.2) is 0 Å². The van der Waals surface area contributed by atoms with Crippen molar-refractivity contribution < 1.29 is 4.79 Å². The van der Waals surface area contributed by atoms with Gasteiger partial charge in [0, 0.05) is 12.2 Å². The van der Waals surface area contributed by atoms with Gasteiger partial charge in [0.2, 0.25) is 5.91 Å². The van der Waals surface area contributed by atoms with Crippen LogP contribution in [0.4, 0.5) is 5.69 Å². The highest BCUT2D eigenvalue weighted by atomic mass is 16.2. The number of anilines is 1. The third-order valence-electron chi connectivity index (χ3n) is 4.46. The number of rotatable bonds is 4. The first-order valence-corrected chi connectivity index (χ1v) is 7.89. The highest BCUT2D eigenvalue weighted by molar-refractivity contribution is 5.94. The zero-order valence-electron chi connectivity index (χ0n) is 12.9. The second kappa shape index (κ2) is 6.75. The summed E-state index contributed by atoms with van der Waals surface area (Å²) in [4.78, 5) is 14.7. The first kappa shape index (κ1) is 14.8. The summed E-state index contributed by atoms with van der Waals surface area (Å²) in [6, 6.07) is 20.1. The number of nitrogens with one attached hydrogen (secondary N) is 1. The molecule has 1 amide bonds. The van der Waals surface area contributed by atoms with Crippen LogP contribution in [-0.4, -0.2) is 29.9 Å². The van der Waals surface area contributed by atoms with E-state index >= 15 is 0 Å². The Labute approximate surface area is 132 Å². The molecule has 2 aromatic rings. The van der Waals surface area contributed by atoms with Crippen LogP contribution in [0.25, 0.3) is 0 Å². The van der Waals surface area contributed by atoms with Crippen LogP contribution in [0.3, 0.4) is 0 Å². The maximum absolute atomic E-state index is 12.4. The van der Waals surface area contributed by atoms with Gasteiger partial charge in [0.1, 0.15) is 0 Å². The molecule has 114 valence electrons. The standard InChI is InChI=1S/C19H22N2O/c1-15(19(22)20-18-10-6-3-7-11-18)21-13-12-17(14-21)16-8-4-2-5-9-16/h2-11,15,17H,12-14H2,1H3,(H,20,22)/t15-,17+/m0/s1. The molecule has 0 spiro atoms. The number of hydrogen-bond donors (Lipinski definition) is 1. The second-order valence-electron chi connectivity index (χ2n) is 5.92. The monoisotopic (exact) mass is 294 g/mol. The average molecular weight is 294 g/mol. The van der Waals surface area contributed by atoms with Crippen LogP contribution in [0.5, 0.6) is 0 Å². The molecular formula is C19H22N2O. The smallest absolute Gasteiger partial charge is 0.241 e. The fraction of sp³-hybridized carbons (Fsp3) is 0.316. The summed E-state index contributed by atoms with van der Waals surface area (Å²) in [6.45, 7) is 3.92. The predicted molar refractivity (Wildman–Crippen MR) is 89.9 cm³/mol. The Balaban J connectivity index is 1.59. The number of carbonyl (C=O) groups excluding carboxylic acids is 1. The van der Waals surface area contributed by atoms with Crippen molar-refractivity contribution in [2.45, 2.75) is 25.3 Å². The third kappa shape index (κ3) is 3.37. The molecule has 0 saturated carbocycles. The van der Waals surface area contributed by atoms with Gasteiger partial charge in [-0.3, -0.25) is 9.69 Å². The lowest BCUT2D eigenvalue weighted by molar-refractivity contribution is -0.120. The second-order valence-corrected chi connectivity index (χ2v) is 5.92. The van der Waals surface area contributed by atoms with E-state index in [-0.39, 0.29) is 11.9 Å². The first-order chi connectivity index (χ1) is 10.7. The number of nitrogens with zero attached hydrogens (tertiary/aromatic N) is 1. The van der Waals surface area contributed by atoms with Crippen LogP contribution in [-0.2, 0) is 4.79 Å². The summed E-state index contributed by atoms with van der Waals surface area (Å²) in [6.07, 6.45) is 1.12. The van der Waals surface area contributed by atoms with E-state index in [1.54, 1.807) is 0 Å². The molecule has 1 aliphatic rings. The van der Waals surface area contributed by atoms with Crippen molar-refractivity contribution in [1.29, 1.82) is 0 Å². The minimum Gasteiger partial charge on any atom is -0.325 e. The van der Waals surface area contributed by atoms with Gasteiger partial charge in [-0.05, 0) is 43.5 Å². The molecule has 0 unspecified atom stereocenters. The van der Waals surface area contributed by atoms with Crippen molar-refractivity contribution in [2.24, 2.45) is 0 Å². The lowest BCUT2D eigenvalue weighted by Gasteiger charge is -2.23. The van der Waals surface area contributed by atoms with E-state index in [9.17, 15) is 4.79 Å². The third-order valence-corrected chi connectivity index (χ3v) is 4.46. The van der Waals surface area contributed by atoms with Crippen LogP contribution in [0.15, 0.2) is 60.7 Å². The van der Waals surface area contributed by atoms with E-state index in [2.05, 4.69) is 34.5 Å². The molecule has 1 aliphatic heterocycles. The van der Waals surface area contributed by atoms with E-state index in [1.807, 2.05) is 43.3 Å². The molecule has 3 nitrogen and oxygen atoms in total. The van der Waals surface area contributed by atoms with Gasteiger partial charge in [0.25, 0.3) is 0 Å². The molecule has 3 rings (SSSR count). The van der Waals surface area contributed by atoms with Gasteiger partial charge < -0.3 is 5.32 Å². The summed E-state index contributed by atoms with van der Waals surface area (Å²) < 4.78 is 0. The molecular weight excluding hydrogens is 272 g/mol. The number of benzene rings is 2. The largest absolute Gasteiger partial charge is 0.325 e. The van der Waals surface area contributed by atoms with Gasteiger partial charge in [-0.15, -0.1) is 0 Å². The predicted octanol–water partition coefficient (Wildman–Crippen LogP) is 3.50. The Morgan fingerprint density at radius 1 is 1.09 bits per heavy atom. The average Bonchev–Trinajstić information content (AvgIpc) is 3.06. The normalized spacial score (nSPS) is 19.8. The number of amides is 1. The molecule has 1 saturated heterocycles. The maximum atomic E-state index is 12.4. The minimum absolute atomic E-state index is 0.0694. The summed E-state index contributed by atoms with van der Waals surface area (Å²) >= 11 is 0. The van der Waals surface area contributed by atoms with Crippen LogP contribution in [0, 0.1) is 0 Å². The number of hydrogen-bond acceptors (Lipinski definition) is 2. The van der Waals surface area contributed by atoms with Crippen molar-refractivity contribution in [2.75, 3.05) is 18.4 Å². The Morgan fingerprint density at radius 3 is 2.41 bits per heavy atom. The summed E-state index contributed by atoms with van der Waals surface area (Å²) in [5, 5.41) is 2.99. The molecule has 0 aromatic heterocycles. The Kier molecular flexibility index (Phi) is 4.54. The summed E-state index contributed by atoms with van der Waals surface area (Å²) in [5.74, 6) is 0.605. The molecule has 0 radical (unpaired) electrons. The number of para-hydroxylation sites is 1. The molecule has 1 fully saturated rings. The molecule has 1 heterocycles. The van der Waals surface area contributed by atoms with Crippen LogP contribution >= 0.6 is 0 Å². The number of carbonyl (C=O) groups is 1. The summed E-state index contributed by atoms with van der Waals surface area (Å²) in [5.41, 5.74) is 2.24. The maximum Gasteiger partial charge on any atom is 0.241 e. The van der Waals surface area contributed by atoms with Crippen LogP contribution < -0.4 is 5.32 Å². The van der Waals surface area contributed by atoms with Crippen LogP contribution in [0.1, 0.15) is 24.8 Å². The van der Waals surface area contributed by atoms with Crippen molar-refractivity contribution in [3.63, 3.8) is 0 Å². The molecule has 0 aliphatic carbocycles. The number of likely N-dealkylation sites (tertiary alicyclic amines) is 1. The Bertz CT molecular complexity index is 612. The van der Waals surface area contributed by atoms with E-state index in [0.717, 1.165) is 25.2 Å². The minimum atomic E-state index is -0.103. The molecule has 2 atom stereocenters. The Hall–Kier alpha value is -2.13. The topological polar surface area (TPSA) is 32.3 Å². The van der Waals surface area contributed by atoms with Gasteiger partial charge in [-0.1, -0.05) is 48.5 Å². The fourth-order valence-electron chi connectivity index (χ4n) is 3.07. The van der Waals surface area contributed by atoms with Gasteiger partial charge >= 0.3 is 0 Å². The molecule has 3 heteroatoms. The molecule has 1 N–H and O–H groups in total. The van der Waals surface area contributed by atoms with Crippen molar-refractivity contribution in [3.05, 3.63) is 66.2 Å². The summed E-state index contributed by atoms with van der Waals surface area (Å²) in [7, 11) is 0.